The molecule has 2 amide bonds. The first-order valence-electron chi connectivity index (χ1n) is 10.0. The van der Waals surface area contributed by atoms with Gasteiger partial charge in [-0.05, 0) is 47.6 Å². The molecule has 0 spiro atoms. The molecule has 0 saturated heterocycles. The maximum absolute atomic E-state index is 13.0. The van der Waals surface area contributed by atoms with E-state index in [0.717, 1.165) is 18.4 Å². The number of anilines is 1. The first-order chi connectivity index (χ1) is 14.2. The molecule has 0 heterocycles. The van der Waals surface area contributed by atoms with Gasteiger partial charge in [0.15, 0.2) is 0 Å². The van der Waals surface area contributed by atoms with Crippen LogP contribution in [0.15, 0.2) is 48.5 Å². The summed E-state index contributed by atoms with van der Waals surface area (Å²) in [5, 5.41) is 5.44. The van der Waals surface area contributed by atoms with E-state index in [2.05, 4.69) is 48.3 Å². The monoisotopic (exact) mass is 408 g/mol. The molecule has 0 unspecified atom stereocenters. The second kappa shape index (κ2) is 8.30. The number of benzene rings is 2. The summed E-state index contributed by atoms with van der Waals surface area (Å²) in [5.74, 6) is -1.01. The molecule has 1 fully saturated rings. The summed E-state index contributed by atoms with van der Waals surface area (Å²) in [5.41, 5.74) is 2.69. The zero-order chi connectivity index (χ0) is 21.9. The van der Waals surface area contributed by atoms with Crippen LogP contribution in [0.3, 0.4) is 0 Å². The van der Waals surface area contributed by atoms with Gasteiger partial charge in [0.25, 0.3) is 5.91 Å². The van der Waals surface area contributed by atoms with Crippen molar-refractivity contribution in [2.24, 2.45) is 0 Å². The first-order valence-corrected chi connectivity index (χ1v) is 10.0. The Balaban J connectivity index is 1.70. The lowest BCUT2D eigenvalue weighted by Gasteiger charge is -2.21. The molecule has 2 N–H and O–H groups in total. The number of hydrogen-bond acceptors (Lipinski definition) is 4. The molecule has 0 bridgehead atoms. The van der Waals surface area contributed by atoms with Gasteiger partial charge in [-0.25, -0.2) is 0 Å². The summed E-state index contributed by atoms with van der Waals surface area (Å²) < 4.78 is 4.51. The van der Waals surface area contributed by atoms with Crippen LogP contribution in [0.4, 0.5) is 5.69 Å². The highest BCUT2D eigenvalue weighted by molar-refractivity contribution is 6.03. The number of amides is 2. The Kier molecular flexibility index (Phi) is 5.97. The van der Waals surface area contributed by atoms with Crippen LogP contribution in [0.5, 0.6) is 0 Å². The Morgan fingerprint density at radius 2 is 1.70 bits per heavy atom. The predicted octanol–water partition coefficient (Wildman–Crippen LogP) is 3.56. The molecule has 2 aromatic rings. The van der Waals surface area contributed by atoms with Gasteiger partial charge >= 0.3 is 5.97 Å². The van der Waals surface area contributed by atoms with Crippen molar-refractivity contribution in [3.63, 3.8) is 0 Å². The number of carbonyl (C=O) groups excluding carboxylic acids is 3. The molecule has 0 aliphatic heterocycles. The maximum atomic E-state index is 13.0. The van der Waals surface area contributed by atoms with Crippen molar-refractivity contribution in [3.8, 4) is 0 Å². The molecule has 158 valence electrons. The third-order valence-corrected chi connectivity index (χ3v) is 5.49. The molecule has 1 saturated carbocycles. The van der Waals surface area contributed by atoms with E-state index in [-0.39, 0.29) is 17.9 Å². The van der Waals surface area contributed by atoms with E-state index in [1.807, 2.05) is 12.1 Å². The lowest BCUT2D eigenvalue weighted by atomic mass is 9.85. The SMILES string of the molecule is COC(=O)CNC(=O)c1cccc(NC(=O)C2(c3ccc(C(C)(C)C)cc3)CC2)c1. The van der Waals surface area contributed by atoms with Crippen LogP contribution < -0.4 is 10.6 Å². The maximum Gasteiger partial charge on any atom is 0.325 e. The third kappa shape index (κ3) is 4.70. The summed E-state index contributed by atoms with van der Waals surface area (Å²) in [7, 11) is 1.26. The fourth-order valence-electron chi connectivity index (χ4n) is 3.38. The highest BCUT2D eigenvalue weighted by Crippen LogP contribution is 2.49. The van der Waals surface area contributed by atoms with Gasteiger partial charge in [-0.2, -0.15) is 0 Å². The Morgan fingerprint density at radius 3 is 2.27 bits per heavy atom. The Bertz CT molecular complexity index is 954. The van der Waals surface area contributed by atoms with Gasteiger partial charge in [0.1, 0.15) is 6.54 Å². The molecule has 6 heteroatoms. The molecule has 30 heavy (non-hydrogen) atoms. The Hall–Kier alpha value is -3.15. The zero-order valence-corrected chi connectivity index (χ0v) is 17.9. The summed E-state index contributed by atoms with van der Waals surface area (Å²) >= 11 is 0. The molecule has 0 atom stereocenters. The topological polar surface area (TPSA) is 84.5 Å². The highest BCUT2D eigenvalue weighted by atomic mass is 16.5. The third-order valence-electron chi connectivity index (χ3n) is 5.49. The molecule has 1 aliphatic carbocycles. The molecular weight excluding hydrogens is 380 g/mol. The van der Waals surface area contributed by atoms with Gasteiger partial charge in [0.05, 0.1) is 12.5 Å². The van der Waals surface area contributed by atoms with Gasteiger partial charge in [-0.3, -0.25) is 14.4 Å². The lowest BCUT2D eigenvalue weighted by Crippen LogP contribution is -2.30. The van der Waals surface area contributed by atoms with Gasteiger partial charge in [0.2, 0.25) is 5.91 Å². The molecule has 6 nitrogen and oxygen atoms in total. The normalized spacial score (nSPS) is 14.5. The van der Waals surface area contributed by atoms with E-state index in [1.54, 1.807) is 24.3 Å². The largest absolute Gasteiger partial charge is 0.468 e. The first kappa shape index (κ1) is 21.6. The van der Waals surface area contributed by atoms with Crippen LogP contribution in [0.2, 0.25) is 0 Å². The highest BCUT2D eigenvalue weighted by Gasteiger charge is 2.51. The lowest BCUT2D eigenvalue weighted by molar-refractivity contribution is -0.139. The van der Waals surface area contributed by atoms with E-state index >= 15 is 0 Å². The zero-order valence-electron chi connectivity index (χ0n) is 17.9. The van der Waals surface area contributed by atoms with E-state index in [4.69, 9.17) is 0 Å². The Labute approximate surface area is 177 Å². The smallest absolute Gasteiger partial charge is 0.325 e. The molecule has 0 radical (unpaired) electrons. The number of methoxy groups -OCH3 is 1. The number of rotatable bonds is 6. The van der Waals surface area contributed by atoms with Crippen molar-refractivity contribution in [2.45, 2.75) is 44.4 Å². The van der Waals surface area contributed by atoms with Gasteiger partial charge in [0, 0.05) is 11.3 Å². The minimum Gasteiger partial charge on any atom is -0.468 e. The molecule has 1 aliphatic rings. The van der Waals surface area contributed by atoms with E-state index in [1.165, 1.54) is 12.7 Å². The van der Waals surface area contributed by atoms with Gasteiger partial charge in [-0.15, -0.1) is 0 Å². The van der Waals surface area contributed by atoms with Crippen molar-refractivity contribution < 1.29 is 19.1 Å². The summed E-state index contributed by atoms with van der Waals surface area (Å²) in [6, 6.07) is 14.9. The number of carbonyl (C=O) groups is 3. The fraction of sp³-hybridized carbons (Fsp3) is 0.375. The van der Waals surface area contributed by atoms with Crippen LogP contribution in [-0.4, -0.2) is 31.4 Å². The molecule has 0 aromatic heterocycles. The number of esters is 1. The summed E-state index contributed by atoms with van der Waals surface area (Å²) in [6.07, 6.45) is 1.60. The minimum absolute atomic E-state index is 0.0619. The average Bonchev–Trinajstić information content (AvgIpc) is 3.53. The van der Waals surface area contributed by atoms with Crippen LogP contribution in [0.25, 0.3) is 0 Å². The van der Waals surface area contributed by atoms with Crippen LogP contribution >= 0.6 is 0 Å². The van der Waals surface area contributed by atoms with Crippen LogP contribution in [0, 0.1) is 0 Å². The predicted molar refractivity (Wildman–Crippen MR) is 115 cm³/mol. The number of hydrogen-bond donors (Lipinski definition) is 2. The van der Waals surface area contributed by atoms with E-state index < -0.39 is 17.3 Å². The molecule has 2 aromatic carbocycles. The average molecular weight is 408 g/mol. The van der Waals surface area contributed by atoms with E-state index in [0.29, 0.717) is 11.3 Å². The van der Waals surface area contributed by atoms with Crippen molar-refractivity contribution in [2.75, 3.05) is 19.0 Å². The second-order valence-electron chi connectivity index (χ2n) is 8.70. The van der Waals surface area contributed by atoms with Crippen LogP contribution in [0.1, 0.15) is 55.1 Å². The van der Waals surface area contributed by atoms with Crippen molar-refractivity contribution in [1.82, 2.24) is 5.32 Å². The quantitative estimate of drug-likeness (QED) is 0.716. The summed E-state index contributed by atoms with van der Waals surface area (Å²) in [6.45, 7) is 6.28. The van der Waals surface area contributed by atoms with Crippen molar-refractivity contribution in [3.05, 3.63) is 65.2 Å². The van der Waals surface area contributed by atoms with Gasteiger partial charge < -0.3 is 15.4 Å². The van der Waals surface area contributed by atoms with Crippen molar-refractivity contribution in [1.29, 1.82) is 0 Å². The van der Waals surface area contributed by atoms with Crippen molar-refractivity contribution >= 4 is 23.5 Å². The number of nitrogens with one attached hydrogen (secondary N) is 2. The minimum atomic E-state index is -0.527. The summed E-state index contributed by atoms with van der Waals surface area (Å²) in [4.78, 5) is 36.5. The molecule has 3 rings (SSSR count). The van der Waals surface area contributed by atoms with E-state index in [9.17, 15) is 14.4 Å². The van der Waals surface area contributed by atoms with Crippen LogP contribution in [-0.2, 0) is 25.2 Å². The molecular formula is C24H28N2O4. The Morgan fingerprint density at radius 1 is 1.03 bits per heavy atom. The fourth-order valence-corrected chi connectivity index (χ4v) is 3.38. The number of ether oxygens (including phenoxy) is 1. The standard InChI is InChI=1S/C24H28N2O4/c1-23(2,3)17-8-10-18(11-9-17)24(12-13-24)22(29)26-19-7-5-6-16(14-19)21(28)25-15-20(27)30-4/h5-11,14H,12-13,15H2,1-4H3,(H,25,28)(H,26,29). The van der Waals surface area contributed by atoms with Gasteiger partial charge in [-0.1, -0.05) is 51.1 Å². The second-order valence-corrected chi connectivity index (χ2v) is 8.70.